The normalized spacial score (nSPS) is 12.9. The van der Waals surface area contributed by atoms with E-state index in [2.05, 4.69) is 0 Å². The Balaban J connectivity index is 3.03. The van der Waals surface area contributed by atoms with Gasteiger partial charge in [-0.05, 0) is 24.0 Å². The van der Waals surface area contributed by atoms with Gasteiger partial charge in [-0.2, -0.15) is 4.31 Å². The van der Waals surface area contributed by atoms with Gasteiger partial charge >= 0.3 is 0 Å². The Kier molecular flexibility index (Phi) is 5.65. The fourth-order valence-corrected chi connectivity index (χ4v) is 5.05. The van der Waals surface area contributed by atoms with Gasteiger partial charge in [0.25, 0.3) is 10.0 Å². The summed E-state index contributed by atoms with van der Waals surface area (Å²) in [5.74, 6) is 0.600. The summed E-state index contributed by atoms with van der Waals surface area (Å²) in [6.45, 7) is 9.15. The highest BCUT2D eigenvalue weighted by Gasteiger charge is 2.27. The number of rotatable bonds is 6. The Morgan fingerprint density at radius 2 is 1.67 bits per heavy atom. The lowest BCUT2D eigenvalue weighted by atomic mass is 10.2. The molecule has 0 aliphatic carbocycles. The average molecular weight is 310 g/mol. The van der Waals surface area contributed by atoms with E-state index in [4.69, 9.17) is 11.6 Å². The first-order valence-corrected chi connectivity index (χ1v) is 8.62. The minimum atomic E-state index is -3.40. The molecule has 0 bridgehead atoms. The number of thiophene rings is 1. The van der Waals surface area contributed by atoms with Crippen LogP contribution in [0.4, 0.5) is 0 Å². The Morgan fingerprint density at radius 1 is 1.17 bits per heavy atom. The van der Waals surface area contributed by atoms with E-state index in [0.717, 1.165) is 11.3 Å². The van der Waals surface area contributed by atoms with Gasteiger partial charge in [0.05, 0.1) is 4.34 Å². The highest BCUT2D eigenvalue weighted by atomic mass is 35.5. The Hall–Kier alpha value is -0.100. The number of halogens is 1. The van der Waals surface area contributed by atoms with Crippen LogP contribution in [-0.4, -0.2) is 25.8 Å². The predicted octanol–water partition coefficient (Wildman–Crippen LogP) is 3.70. The monoisotopic (exact) mass is 309 g/mol. The van der Waals surface area contributed by atoms with Crippen LogP contribution in [0.15, 0.2) is 16.3 Å². The molecule has 0 fully saturated rings. The molecule has 0 unspecified atom stereocenters. The molecule has 18 heavy (non-hydrogen) atoms. The van der Waals surface area contributed by atoms with Crippen molar-refractivity contribution in [1.82, 2.24) is 4.31 Å². The lowest BCUT2D eigenvalue weighted by Crippen LogP contribution is -2.36. The summed E-state index contributed by atoms with van der Waals surface area (Å²) in [6.07, 6.45) is 0. The molecule has 1 aromatic heterocycles. The van der Waals surface area contributed by atoms with Crippen LogP contribution < -0.4 is 0 Å². The first kappa shape index (κ1) is 16.0. The average Bonchev–Trinajstić information content (AvgIpc) is 2.63. The van der Waals surface area contributed by atoms with E-state index in [-0.39, 0.29) is 0 Å². The van der Waals surface area contributed by atoms with Crippen molar-refractivity contribution in [2.75, 3.05) is 13.1 Å². The third-order valence-corrected chi connectivity index (χ3v) is 5.81. The molecule has 0 spiro atoms. The van der Waals surface area contributed by atoms with Crippen LogP contribution in [0.25, 0.3) is 0 Å². The van der Waals surface area contributed by atoms with Gasteiger partial charge < -0.3 is 0 Å². The van der Waals surface area contributed by atoms with Crippen molar-refractivity contribution < 1.29 is 8.42 Å². The molecular formula is C12H20ClNO2S2. The third-order valence-electron chi connectivity index (χ3n) is 2.28. The van der Waals surface area contributed by atoms with Crippen molar-refractivity contribution in [2.24, 2.45) is 11.8 Å². The number of hydrogen-bond acceptors (Lipinski definition) is 3. The molecule has 3 nitrogen and oxygen atoms in total. The fraction of sp³-hybridized carbons (Fsp3) is 0.667. The van der Waals surface area contributed by atoms with Gasteiger partial charge in [-0.3, -0.25) is 0 Å². The van der Waals surface area contributed by atoms with E-state index < -0.39 is 10.0 Å². The van der Waals surface area contributed by atoms with Crippen molar-refractivity contribution >= 4 is 33.0 Å². The molecule has 0 saturated heterocycles. The van der Waals surface area contributed by atoms with E-state index in [1.807, 2.05) is 27.7 Å². The van der Waals surface area contributed by atoms with Gasteiger partial charge in [0.1, 0.15) is 4.21 Å². The van der Waals surface area contributed by atoms with Gasteiger partial charge in [0, 0.05) is 13.1 Å². The summed E-state index contributed by atoms with van der Waals surface area (Å²) in [7, 11) is -3.40. The lowest BCUT2D eigenvalue weighted by molar-refractivity contribution is 0.334. The van der Waals surface area contributed by atoms with Crippen molar-refractivity contribution in [2.45, 2.75) is 31.9 Å². The van der Waals surface area contributed by atoms with Crippen molar-refractivity contribution in [3.63, 3.8) is 0 Å². The SMILES string of the molecule is CC(C)CN(CC(C)C)S(=O)(=O)c1ccc(Cl)s1. The summed E-state index contributed by atoms with van der Waals surface area (Å²) in [5.41, 5.74) is 0. The summed E-state index contributed by atoms with van der Waals surface area (Å²) in [6, 6.07) is 3.21. The highest BCUT2D eigenvalue weighted by Crippen LogP contribution is 2.28. The smallest absolute Gasteiger partial charge is 0.206 e. The van der Waals surface area contributed by atoms with Crippen LogP contribution in [-0.2, 0) is 10.0 Å². The number of hydrogen-bond donors (Lipinski definition) is 0. The predicted molar refractivity (Wildman–Crippen MR) is 77.8 cm³/mol. The maximum atomic E-state index is 12.5. The van der Waals surface area contributed by atoms with Gasteiger partial charge in [-0.15, -0.1) is 11.3 Å². The summed E-state index contributed by atoms with van der Waals surface area (Å²) in [4.78, 5) is 0. The van der Waals surface area contributed by atoms with E-state index in [1.165, 1.54) is 0 Å². The largest absolute Gasteiger partial charge is 0.252 e. The molecule has 0 aliphatic rings. The Bertz CT molecular complexity index is 470. The van der Waals surface area contributed by atoms with Crippen molar-refractivity contribution in [1.29, 1.82) is 0 Å². The van der Waals surface area contributed by atoms with Gasteiger partial charge in [0.15, 0.2) is 0 Å². The van der Waals surface area contributed by atoms with Gasteiger partial charge in [-0.25, -0.2) is 8.42 Å². The molecule has 0 amide bonds. The van der Waals surface area contributed by atoms with E-state index >= 15 is 0 Å². The minimum Gasteiger partial charge on any atom is -0.206 e. The zero-order chi connectivity index (χ0) is 13.9. The molecule has 6 heteroatoms. The topological polar surface area (TPSA) is 37.4 Å². The molecule has 0 aromatic carbocycles. The standard InChI is InChI=1S/C12H20ClNO2S2/c1-9(2)7-14(8-10(3)4)18(15,16)12-6-5-11(13)17-12/h5-6,9-10H,7-8H2,1-4H3. The Labute approximate surface area is 119 Å². The molecule has 1 heterocycles. The summed E-state index contributed by atoms with van der Waals surface area (Å²) < 4.78 is 27.4. The maximum Gasteiger partial charge on any atom is 0.252 e. The zero-order valence-corrected chi connectivity index (χ0v) is 13.6. The van der Waals surface area contributed by atoms with Crippen LogP contribution in [0.2, 0.25) is 4.34 Å². The third kappa shape index (κ3) is 4.23. The van der Waals surface area contributed by atoms with Crippen LogP contribution in [0.5, 0.6) is 0 Å². The molecule has 1 rings (SSSR count). The lowest BCUT2D eigenvalue weighted by Gasteiger charge is -2.24. The van der Waals surface area contributed by atoms with Gasteiger partial charge in [-0.1, -0.05) is 39.3 Å². The zero-order valence-electron chi connectivity index (χ0n) is 11.2. The van der Waals surface area contributed by atoms with Crippen LogP contribution >= 0.6 is 22.9 Å². The molecule has 1 aromatic rings. The van der Waals surface area contributed by atoms with Crippen LogP contribution in [0.1, 0.15) is 27.7 Å². The maximum absolute atomic E-state index is 12.5. The molecule has 0 radical (unpaired) electrons. The second-order valence-corrected chi connectivity index (χ2v) is 9.05. The molecule has 0 aliphatic heterocycles. The molecule has 0 atom stereocenters. The first-order valence-electron chi connectivity index (χ1n) is 5.99. The minimum absolute atomic E-state index is 0.300. The van der Waals surface area contributed by atoms with Crippen LogP contribution in [0, 0.1) is 11.8 Å². The second-order valence-electron chi connectivity index (χ2n) is 5.17. The molecule has 0 N–H and O–H groups in total. The second kappa shape index (κ2) is 6.37. The van der Waals surface area contributed by atoms with E-state index in [9.17, 15) is 8.42 Å². The van der Waals surface area contributed by atoms with Crippen LogP contribution in [0.3, 0.4) is 0 Å². The summed E-state index contributed by atoms with van der Waals surface area (Å²) >= 11 is 6.93. The molecule has 0 saturated carbocycles. The highest BCUT2D eigenvalue weighted by molar-refractivity contribution is 7.91. The number of sulfonamides is 1. The van der Waals surface area contributed by atoms with Crippen molar-refractivity contribution in [3.8, 4) is 0 Å². The first-order chi connectivity index (χ1) is 8.23. The summed E-state index contributed by atoms with van der Waals surface area (Å²) in [5, 5.41) is 0. The Morgan fingerprint density at radius 3 is 2.00 bits per heavy atom. The fourth-order valence-electron chi connectivity index (χ4n) is 1.65. The van der Waals surface area contributed by atoms with Crippen molar-refractivity contribution in [3.05, 3.63) is 16.5 Å². The number of nitrogens with zero attached hydrogens (tertiary/aromatic N) is 1. The van der Waals surface area contributed by atoms with Gasteiger partial charge in [0.2, 0.25) is 0 Å². The quantitative estimate of drug-likeness (QED) is 0.803. The molecule has 104 valence electrons. The van der Waals surface area contributed by atoms with E-state index in [0.29, 0.717) is 33.5 Å². The van der Waals surface area contributed by atoms with E-state index in [1.54, 1.807) is 16.4 Å². The molecular weight excluding hydrogens is 290 g/mol.